The van der Waals surface area contributed by atoms with Gasteiger partial charge in [-0.25, -0.2) is 0 Å². The molecule has 5 aliphatic rings. The van der Waals surface area contributed by atoms with Gasteiger partial charge in [0, 0.05) is 37.0 Å². The normalized spacial score (nSPS) is 49.1. The second-order valence-corrected chi connectivity index (χ2v) is 16.8. The summed E-state index contributed by atoms with van der Waals surface area (Å²) in [7, 11) is 0. The third kappa shape index (κ3) is 7.32. The number of carboxylic acid groups (broad SMARTS) is 1. The number of aliphatic carboxylic acids is 1. The number of hydrogen-bond donors (Lipinski definition) is 4. The molecule has 0 unspecified atom stereocenters. The Morgan fingerprint density at radius 1 is 0.959 bits per heavy atom. The van der Waals surface area contributed by atoms with Gasteiger partial charge in [0.2, 0.25) is 0 Å². The Morgan fingerprint density at radius 3 is 2.29 bits per heavy atom. The van der Waals surface area contributed by atoms with Gasteiger partial charge in [0.25, 0.3) is 0 Å². The molecular formula is C37H62O12. The third-order valence-corrected chi connectivity index (χ3v) is 12.9. The van der Waals surface area contributed by atoms with E-state index in [2.05, 4.69) is 20.8 Å². The molecule has 0 aliphatic carbocycles. The van der Waals surface area contributed by atoms with Crippen LogP contribution in [-0.4, -0.2) is 104 Å². The molecule has 5 rings (SSSR count). The van der Waals surface area contributed by atoms with Crippen molar-refractivity contribution < 1.29 is 58.4 Å². The van der Waals surface area contributed by atoms with Crippen LogP contribution in [0.1, 0.15) is 114 Å². The number of rotatable bonds is 10. The molecule has 0 saturated carbocycles. The quantitative estimate of drug-likeness (QED) is 0.240. The van der Waals surface area contributed by atoms with Crippen molar-refractivity contribution in [2.45, 2.75) is 179 Å². The highest BCUT2D eigenvalue weighted by molar-refractivity contribution is 5.72. The Kier molecular flexibility index (Phi) is 11.3. The molecule has 49 heavy (non-hydrogen) atoms. The summed E-state index contributed by atoms with van der Waals surface area (Å²) in [5.74, 6) is -5.90. The molecule has 0 amide bonds. The molecule has 5 saturated heterocycles. The largest absolute Gasteiger partial charge is 0.481 e. The van der Waals surface area contributed by atoms with Crippen molar-refractivity contribution in [3.05, 3.63) is 0 Å². The van der Waals surface area contributed by atoms with E-state index >= 15 is 0 Å². The molecule has 1 spiro atoms. The minimum absolute atomic E-state index is 0.121. The molecular weight excluding hydrogens is 636 g/mol. The highest BCUT2D eigenvalue weighted by Crippen LogP contribution is 2.54. The first-order valence-electron chi connectivity index (χ1n) is 18.6. The summed E-state index contributed by atoms with van der Waals surface area (Å²) < 4.78 is 39.1. The molecule has 0 bridgehead atoms. The van der Waals surface area contributed by atoms with E-state index in [-0.39, 0.29) is 60.9 Å². The Bertz CT molecular complexity index is 1200. The molecule has 12 nitrogen and oxygen atoms in total. The number of carbonyl (C=O) groups is 2. The lowest BCUT2D eigenvalue weighted by Gasteiger charge is -2.48. The molecule has 0 aromatic heterocycles. The van der Waals surface area contributed by atoms with Gasteiger partial charge in [-0.3, -0.25) is 9.59 Å². The molecule has 0 aromatic carbocycles. The standard InChI is InChI=1S/C37H62O12/c1-10-28(40)45-30(24(7)33(41)42)23(6)31-22(5)25(39)17-36(47-31)14-13-34(8,49-36)27-11-12-35(9,46-27)32-20(3)16-26(44-32)29-19(2)15-21(4)37(43,18-38)48-29/h19-27,29-32,38-39,43H,10-18H2,1-9H3,(H,41,42)/t19-,20-,21+,22+,23-,24-,25-,26+,27+,29-,30+,31-,32+,34-,35-,36+,37-/m0/s1. The van der Waals surface area contributed by atoms with Crippen LogP contribution in [0.3, 0.4) is 0 Å². The van der Waals surface area contributed by atoms with Gasteiger partial charge >= 0.3 is 11.9 Å². The van der Waals surface area contributed by atoms with Crippen molar-refractivity contribution in [1.82, 2.24) is 0 Å². The first-order valence-corrected chi connectivity index (χ1v) is 18.6. The number of aliphatic hydroxyl groups excluding tert-OH is 2. The fourth-order valence-electron chi connectivity index (χ4n) is 9.66. The number of carbonyl (C=O) groups excluding carboxylic acids is 1. The van der Waals surface area contributed by atoms with E-state index in [0.29, 0.717) is 12.8 Å². The van der Waals surface area contributed by atoms with E-state index in [0.717, 1.165) is 25.7 Å². The Balaban J connectivity index is 1.27. The van der Waals surface area contributed by atoms with Crippen LogP contribution in [-0.2, 0) is 38.0 Å². The Morgan fingerprint density at radius 2 is 1.65 bits per heavy atom. The second kappa shape index (κ2) is 14.2. The first-order chi connectivity index (χ1) is 22.8. The summed E-state index contributed by atoms with van der Waals surface area (Å²) in [6.07, 6.45) is 1.24. The summed E-state index contributed by atoms with van der Waals surface area (Å²) in [5, 5.41) is 42.0. The van der Waals surface area contributed by atoms with Crippen LogP contribution in [0.25, 0.3) is 0 Å². The van der Waals surface area contributed by atoms with Crippen molar-refractivity contribution in [3.63, 3.8) is 0 Å². The van der Waals surface area contributed by atoms with E-state index in [1.807, 2.05) is 27.7 Å². The van der Waals surface area contributed by atoms with E-state index < -0.39 is 71.5 Å². The monoisotopic (exact) mass is 698 g/mol. The van der Waals surface area contributed by atoms with Crippen molar-refractivity contribution >= 4 is 11.9 Å². The molecule has 17 atom stereocenters. The smallest absolute Gasteiger partial charge is 0.309 e. The zero-order valence-corrected chi connectivity index (χ0v) is 30.9. The molecule has 5 aliphatic heterocycles. The van der Waals surface area contributed by atoms with Crippen molar-refractivity contribution in [2.75, 3.05) is 6.61 Å². The predicted octanol–water partition coefficient (Wildman–Crippen LogP) is 4.19. The van der Waals surface area contributed by atoms with Gasteiger partial charge in [-0.05, 0) is 64.7 Å². The molecule has 5 fully saturated rings. The van der Waals surface area contributed by atoms with E-state index in [9.17, 15) is 30.0 Å². The van der Waals surface area contributed by atoms with Gasteiger partial charge in [0.1, 0.15) is 6.10 Å². The van der Waals surface area contributed by atoms with E-state index in [4.69, 9.17) is 28.4 Å². The Hall–Kier alpha value is -1.38. The minimum Gasteiger partial charge on any atom is -0.481 e. The fourth-order valence-corrected chi connectivity index (χ4v) is 9.66. The van der Waals surface area contributed by atoms with Gasteiger partial charge in [0.15, 0.2) is 11.6 Å². The highest BCUT2D eigenvalue weighted by atomic mass is 16.7. The van der Waals surface area contributed by atoms with Crippen LogP contribution >= 0.6 is 0 Å². The topological polar surface area (TPSA) is 170 Å². The maximum atomic E-state index is 12.3. The third-order valence-electron chi connectivity index (χ3n) is 12.9. The van der Waals surface area contributed by atoms with Crippen molar-refractivity contribution in [1.29, 1.82) is 0 Å². The average Bonchev–Trinajstić information content (AvgIpc) is 3.74. The lowest BCUT2D eigenvalue weighted by atomic mass is 9.78. The fraction of sp³-hybridized carbons (Fsp3) is 0.946. The van der Waals surface area contributed by atoms with Crippen molar-refractivity contribution in [2.24, 2.45) is 35.5 Å². The first kappa shape index (κ1) is 38.8. The minimum atomic E-state index is -1.58. The predicted molar refractivity (Wildman–Crippen MR) is 177 cm³/mol. The number of ether oxygens (including phenoxy) is 6. The molecule has 5 heterocycles. The number of esters is 1. The summed E-state index contributed by atoms with van der Waals surface area (Å²) >= 11 is 0. The summed E-state index contributed by atoms with van der Waals surface area (Å²) in [5.41, 5.74) is -1.29. The molecule has 4 N–H and O–H groups in total. The van der Waals surface area contributed by atoms with Crippen LogP contribution < -0.4 is 0 Å². The van der Waals surface area contributed by atoms with E-state index in [1.165, 1.54) is 6.92 Å². The summed E-state index contributed by atoms with van der Waals surface area (Å²) in [6.45, 7) is 16.7. The maximum Gasteiger partial charge on any atom is 0.309 e. The number of carboxylic acids is 1. The zero-order valence-electron chi connectivity index (χ0n) is 30.9. The van der Waals surface area contributed by atoms with Crippen LogP contribution in [0.15, 0.2) is 0 Å². The lowest BCUT2D eigenvalue weighted by Crippen LogP contribution is -2.57. The van der Waals surface area contributed by atoms with Crippen LogP contribution in [0.2, 0.25) is 0 Å². The molecule has 282 valence electrons. The molecule has 0 aromatic rings. The van der Waals surface area contributed by atoms with Gasteiger partial charge < -0.3 is 48.8 Å². The molecule has 0 radical (unpaired) electrons. The summed E-state index contributed by atoms with van der Waals surface area (Å²) in [4.78, 5) is 24.3. The van der Waals surface area contributed by atoms with Gasteiger partial charge in [-0.2, -0.15) is 0 Å². The van der Waals surface area contributed by atoms with Crippen LogP contribution in [0, 0.1) is 35.5 Å². The van der Waals surface area contributed by atoms with Gasteiger partial charge in [0.05, 0.1) is 60.4 Å². The summed E-state index contributed by atoms with van der Waals surface area (Å²) in [6, 6.07) is 0. The second-order valence-electron chi connectivity index (χ2n) is 16.8. The van der Waals surface area contributed by atoms with Gasteiger partial charge in [-0.1, -0.05) is 41.5 Å². The SMILES string of the molecule is CCC(=O)O[C@H]([C@H](C)[C@H]1O[C@@]2(CC[C@@](C)([C@H]3CC[C@@](C)([C@@H]4O[C@@H]([C@H]5O[C@@](O)(CO)[C@H](C)C[C@@H]5C)C[C@@H]4C)O3)O2)C[C@H](O)[C@H]1C)[C@H](C)C(=O)O. The lowest BCUT2D eigenvalue weighted by molar-refractivity contribution is -0.335. The molecule has 12 heteroatoms. The van der Waals surface area contributed by atoms with Crippen LogP contribution in [0.4, 0.5) is 0 Å². The van der Waals surface area contributed by atoms with E-state index in [1.54, 1.807) is 6.92 Å². The Labute approximate surface area is 291 Å². The van der Waals surface area contributed by atoms with Crippen molar-refractivity contribution in [3.8, 4) is 0 Å². The van der Waals surface area contributed by atoms with Crippen LogP contribution in [0.5, 0.6) is 0 Å². The van der Waals surface area contributed by atoms with Gasteiger partial charge in [-0.15, -0.1) is 0 Å². The zero-order chi connectivity index (χ0) is 36.3. The number of aliphatic hydroxyl groups is 3. The number of hydrogen-bond acceptors (Lipinski definition) is 11. The maximum absolute atomic E-state index is 12.3. The average molecular weight is 699 g/mol. The highest BCUT2D eigenvalue weighted by Gasteiger charge is 2.61.